The first-order valence-electron chi connectivity index (χ1n) is 5.99. The number of aromatic nitrogens is 2. The fourth-order valence-electron chi connectivity index (χ4n) is 1.83. The molecule has 0 N–H and O–H groups in total. The van der Waals surface area contributed by atoms with Crippen LogP contribution in [0.25, 0.3) is 0 Å². The third-order valence-corrected chi connectivity index (χ3v) is 2.58. The lowest BCUT2D eigenvalue weighted by Gasteiger charge is -2.29. The molecule has 0 fully saturated rings. The monoisotopic (exact) mass is 267 g/mol. The van der Waals surface area contributed by atoms with Crippen LogP contribution in [0.1, 0.15) is 31.3 Å². The molecule has 0 radical (unpaired) electrons. The molecule has 1 aliphatic heterocycles. The van der Waals surface area contributed by atoms with Gasteiger partial charge in [0.15, 0.2) is 6.29 Å². The van der Waals surface area contributed by atoms with E-state index in [0.29, 0.717) is 30.8 Å². The van der Waals surface area contributed by atoms with E-state index in [9.17, 15) is 9.59 Å². The van der Waals surface area contributed by atoms with Gasteiger partial charge in [0.05, 0.1) is 6.54 Å². The minimum Gasteiger partial charge on any atom is -0.473 e. The van der Waals surface area contributed by atoms with Gasteiger partial charge in [0.2, 0.25) is 0 Å². The van der Waals surface area contributed by atoms with E-state index in [1.54, 1.807) is 27.8 Å². The molecule has 0 aliphatic carbocycles. The van der Waals surface area contributed by atoms with Gasteiger partial charge < -0.3 is 9.47 Å². The molecule has 0 saturated heterocycles. The minimum absolute atomic E-state index is 0.279. The summed E-state index contributed by atoms with van der Waals surface area (Å²) >= 11 is 0. The van der Waals surface area contributed by atoms with Crippen molar-refractivity contribution in [3.63, 3.8) is 0 Å². The Morgan fingerprint density at radius 1 is 1.47 bits per heavy atom. The third kappa shape index (κ3) is 2.54. The van der Waals surface area contributed by atoms with Gasteiger partial charge in [-0.25, -0.2) is 4.79 Å². The number of hydrogen-bond acceptors (Lipinski definition) is 5. The Hall–Kier alpha value is -2.05. The summed E-state index contributed by atoms with van der Waals surface area (Å²) in [7, 11) is 1.62. The molecule has 0 saturated carbocycles. The van der Waals surface area contributed by atoms with Gasteiger partial charge in [-0.05, 0) is 20.8 Å². The maximum atomic E-state index is 12.1. The molecule has 0 atom stereocenters. The highest BCUT2D eigenvalue weighted by Gasteiger charge is 2.33. The molecule has 1 aliphatic rings. The Kier molecular flexibility index (Phi) is 3.21. The molecule has 0 aromatic carbocycles. The molecule has 0 spiro atoms. The molecule has 1 amide bonds. The van der Waals surface area contributed by atoms with E-state index in [2.05, 4.69) is 5.10 Å². The van der Waals surface area contributed by atoms with Gasteiger partial charge in [0, 0.05) is 7.05 Å². The second-order valence-corrected chi connectivity index (χ2v) is 5.26. The van der Waals surface area contributed by atoms with Crippen LogP contribution >= 0.6 is 0 Å². The normalized spacial score (nSPS) is 14.6. The molecule has 7 heteroatoms. The number of aldehydes is 1. The van der Waals surface area contributed by atoms with Gasteiger partial charge in [-0.1, -0.05) is 0 Å². The first-order valence-corrected chi connectivity index (χ1v) is 5.99. The highest BCUT2D eigenvalue weighted by Crippen LogP contribution is 2.34. The van der Waals surface area contributed by atoms with Gasteiger partial charge in [0.25, 0.3) is 5.88 Å². The lowest BCUT2D eigenvalue weighted by molar-refractivity contribution is 0.0567. The second kappa shape index (κ2) is 4.56. The molecular weight excluding hydrogens is 250 g/mol. The predicted octanol–water partition coefficient (Wildman–Crippen LogP) is 1.37. The van der Waals surface area contributed by atoms with Crippen molar-refractivity contribution in [2.24, 2.45) is 7.05 Å². The van der Waals surface area contributed by atoms with Crippen molar-refractivity contribution >= 4 is 18.1 Å². The molecule has 1 aromatic rings. The number of anilines is 1. The third-order valence-electron chi connectivity index (χ3n) is 2.58. The van der Waals surface area contributed by atoms with E-state index >= 15 is 0 Å². The summed E-state index contributed by atoms with van der Waals surface area (Å²) in [6.45, 7) is 6.01. The highest BCUT2D eigenvalue weighted by molar-refractivity contribution is 5.96. The second-order valence-electron chi connectivity index (χ2n) is 5.26. The first kappa shape index (κ1) is 13.4. The number of fused-ring (bicyclic) bond motifs is 1. The number of nitrogens with zero attached hydrogens (tertiary/aromatic N) is 3. The minimum atomic E-state index is -0.598. The number of aryl methyl sites for hydroxylation is 1. The van der Waals surface area contributed by atoms with Crippen LogP contribution in [0.3, 0.4) is 0 Å². The van der Waals surface area contributed by atoms with Gasteiger partial charge >= 0.3 is 6.09 Å². The fourth-order valence-corrected chi connectivity index (χ4v) is 1.83. The van der Waals surface area contributed by atoms with Crippen molar-refractivity contribution in [1.82, 2.24) is 9.78 Å². The summed E-state index contributed by atoms with van der Waals surface area (Å²) in [4.78, 5) is 24.7. The Morgan fingerprint density at radius 2 is 2.16 bits per heavy atom. The average molecular weight is 267 g/mol. The van der Waals surface area contributed by atoms with Crippen molar-refractivity contribution in [3.8, 4) is 5.88 Å². The van der Waals surface area contributed by atoms with Crippen LogP contribution < -0.4 is 9.64 Å². The highest BCUT2D eigenvalue weighted by atomic mass is 16.6. The topological polar surface area (TPSA) is 73.7 Å². The molecule has 2 heterocycles. The number of rotatable bonds is 1. The summed E-state index contributed by atoms with van der Waals surface area (Å²) in [6.07, 6.45) is 0.144. The van der Waals surface area contributed by atoms with E-state index in [-0.39, 0.29) is 5.88 Å². The zero-order chi connectivity index (χ0) is 14.2. The fraction of sp³-hybridized carbons (Fsp3) is 0.583. The van der Waals surface area contributed by atoms with Gasteiger partial charge in [-0.15, -0.1) is 5.10 Å². The molecule has 1 aromatic heterocycles. The number of carbonyl (C=O) groups excluding carboxylic acids is 2. The maximum absolute atomic E-state index is 12.1. The standard InChI is InChI=1S/C12H17N3O4/c1-12(2,3)19-11(17)15-5-6-18-10-9(15)8(7-16)14(4)13-10/h7H,5-6H2,1-4H3. The smallest absolute Gasteiger partial charge is 0.415 e. The number of carbonyl (C=O) groups is 2. The van der Waals surface area contributed by atoms with Crippen molar-refractivity contribution in [2.45, 2.75) is 26.4 Å². The van der Waals surface area contributed by atoms with Crippen molar-refractivity contribution < 1.29 is 19.1 Å². The Balaban J connectivity index is 2.36. The van der Waals surface area contributed by atoms with Crippen LogP contribution in [0.15, 0.2) is 0 Å². The lowest BCUT2D eigenvalue weighted by Crippen LogP contribution is -2.41. The van der Waals surface area contributed by atoms with E-state index in [0.717, 1.165) is 0 Å². The van der Waals surface area contributed by atoms with Crippen molar-refractivity contribution in [2.75, 3.05) is 18.1 Å². The molecule has 19 heavy (non-hydrogen) atoms. The summed E-state index contributed by atoms with van der Waals surface area (Å²) < 4.78 is 12.1. The summed E-state index contributed by atoms with van der Waals surface area (Å²) in [5.41, 5.74) is 0.0672. The largest absolute Gasteiger partial charge is 0.473 e. The lowest BCUT2D eigenvalue weighted by atomic mass is 10.2. The Morgan fingerprint density at radius 3 is 2.74 bits per heavy atom. The number of amides is 1. The molecule has 0 bridgehead atoms. The van der Waals surface area contributed by atoms with E-state index in [1.165, 1.54) is 9.58 Å². The Bertz CT molecular complexity index is 516. The predicted molar refractivity (Wildman–Crippen MR) is 67.7 cm³/mol. The number of ether oxygens (including phenoxy) is 2. The quantitative estimate of drug-likeness (QED) is 0.718. The molecule has 104 valence electrons. The molecule has 2 rings (SSSR count). The van der Waals surface area contributed by atoms with E-state index in [4.69, 9.17) is 9.47 Å². The number of hydrogen-bond donors (Lipinski definition) is 0. The summed E-state index contributed by atoms with van der Waals surface area (Å²) in [5.74, 6) is 0.279. The van der Waals surface area contributed by atoms with Crippen LogP contribution in [-0.4, -0.2) is 40.9 Å². The zero-order valence-corrected chi connectivity index (χ0v) is 11.5. The van der Waals surface area contributed by atoms with Crippen molar-refractivity contribution in [3.05, 3.63) is 5.69 Å². The van der Waals surface area contributed by atoms with Gasteiger partial charge in [-0.2, -0.15) is 0 Å². The van der Waals surface area contributed by atoms with Crippen LogP contribution in [0, 0.1) is 0 Å². The first-order chi connectivity index (χ1) is 8.83. The zero-order valence-electron chi connectivity index (χ0n) is 11.5. The van der Waals surface area contributed by atoms with E-state index in [1.807, 2.05) is 0 Å². The SMILES string of the molecule is Cn1nc2c(c1C=O)N(C(=O)OC(C)(C)C)CCO2. The van der Waals surface area contributed by atoms with E-state index < -0.39 is 11.7 Å². The molecule has 0 unspecified atom stereocenters. The molecular formula is C12H17N3O4. The van der Waals surface area contributed by atoms with Gasteiger partial charge in [0.1, 0.15) is 23.6 Å². The van der Waals surface area contributed by atoms with Crippen LogP contribution in [0.5, 0.6) is 5.88 Å². The summed E-state index contributed by atoms with van der Waals surface area (Å²) in [5, 5.41) is 4.06. The maximum Gasteiger partial charge on any atom is 0.415 e. The molecule has 7 nitrogen and oxygen atoms in total. The van der Waals surface area contributed by atoms with Crippen LogP contribution in [0.4, 0.5) is 10.5 Å². The Labute approximate surface area is 111 Å². The average Bonchev–Trinajstić information content (AvgIpc) is 2.61. The van der Waals surface area contributed by atoms with Crippen LogP contribution in [-0.2, 0) is 11.8 Å². The summed E-state index contributed by atoms with van der Waals surface area (Å²) in [6, 6.07) is 0. The van der Waals surface area contributed by atoms with Crippen LogP contribution in [0.2, 0.25) is 0 Å². The van der Waals surface area contributed by atoms with Gasteiger partial charge in [-0.3, -0.25) is 14.4 Å². The van der Waals surface area contributed by atoms with Crippen molar-refractivity contribution in [1.29, 1.82) is 0 Å².